The Labute approximate surface area is 590 Å². The van der Waals surface area contributed by atoms with Crippen molar-refractivity contribution >= 4 is 101 Å². The normalized spacial score (nSPS) is 13.9. The van der Waals surface area contributed by atoms with Gasteiger partial charge in [0.15, 0.2) is 0 Å². The van der Waals surface area contributed by atoms with E-state index in [9.17, 15) is 5.48 Å². The van der Waals surface area contributed by atoms with Crippen LogP contribution in [0.5, 0.6) is 0 Å². The first-order valence-electron chi connectivity index (χ1n) is 37.3. The molecule has 99 heavy (non-hydrogen) atoms. The van der Waals surface area contributed by atoms with Crippen LogP contribution < -0.4 is 26.2 Å². The Morgan fingerprint density at radius 3 is 1.29 bits per heavy atom. The number of furan rings is 1. The van der Waals surface area contributed by atoms with Gasteiger partial charge in [-0.25, -0.2) is 0 Å². The molecule has 0 saturated heterocycles. The van der Waals surface area contributed by atoms with Crippen LogP contribution in [0.25, 0.3) is 105 Å². The van der Waals surface area contributed by atoms with Crippen molar-refractivity contribution in [3.63, 3.8) is 0 Å². The number of hydrogen-bond donors (Lipinski definition) is 0. The predicted octanol–water partition coefficient (Wildman–Crippen LogP) is 24.3. The van der Waals surface area contributed by atoms with E-state index in [0.29, 0.717) is 5.56 Å². The summed E-state index contributed by atoms with van der Waals surface area (Å²) < 4.78 is 56.0. The molecule has 0 N–H and O–H groups in total. The van der Waals surface area contributed by atoms with Gasteiger partial charge in [0, 0.05) is 55.7 Å². The van der Waals surface area contributed by atoms with Gasteiger partial charge >= 0.3 is 0 Å². The third kappa shape index (κ3) is 10.3. The van der Waals surface area contributed by atoms with Crippen LogP contribution in [0.1, 0.15) is 112 Å². The molecular weight excluding hydrogens is 1200 g/mol. The van der Waals surface area contributed by atoms with Crippen LogP contribution in [-0.2, 0) is 21.7 Å². The molecule has 4 heterocycles. The molecule has 0 fully saturated rings. The molecule has 0 amide bonds. The van der Waals surface area contributed by atoms with Gasteiger partial charge in [0.2, 0.25) is 0 Å². The Bertz CT molecular complexity index is 5950. The second kappa shape index (κ2) is 22.9. The monoisotopic (exact) mass is 1280 g/mol. The Kier molecular flexibility index (Phi) is 13.0. The topological polar surface area (TPSA) is 24.6 Å². The largest absolute Gasteiger partial charge is 0.456 e. The fourth-order valence-electron chi connectivity index (χ4n) is 15.5. The molecule has 0 bridgehead atoms. The van der Waals surface area contributed by atoms with Gasteiger partial charge in [0.25, 0.3) is 6.71 Å². The Morgan fingerprint density at radius 1 is 0.323 bits per heavy atom. The molecule has 0 radical (unpaired) electrons. The summed E-state index contributed by atoms with van der Waals surface area (Å²) in [7, 11) is 0. The first-order chi connectivity index (χ1) is 49.7. The molecule has 0 aliphatic carbocycles. The highest BCUT2D eigenvalue weighted by Crippen LogP contribution is 2.56. The fourth-order valence-corrected chi connectivity index (χ4v) is 15.5. The molecule has 2 aliphatic rings. The van der Waals surface area contributed by atoms with Crippen molar-refractivity contribution in [3.8, 4) is 61.3 Å². The highest BCUT2D eigenvalue weighted by Gasteiger charge is 2.46. The zero-order valence-electron chi connectivity index (χ0n) is 63.5. The van der Waals surface area contributed by atoms with Crippen LogP contribution in [-0.4, -0.2) is 11.3 Å². The minimum absolute atomic E-state index is 0.135. The molecule has 13 aromatic carbocycles. The van der Waals surface area contributed by atoms with Crippen molar-refractivity contribution in [1.82, 2.24) is 4.57 Å². The first-order valence-corrected chi connectivity index (χ1v) is 34.8. The molecule has 17 rings (SSSR count). The molecule has 482 valence electrons. The quantitative estimate of drug-likeness (QED) is 0.142. The lowest BCUT2D eigenvalue weighted by Crippen LogP contribution is -2.61. The number of fused-ring (bicyclic) bond motifs is 10. The van der Waals surface area contributed by atoms with Crippen molar-refractivity contribution in [2.45, 2.75) is 105 Å². The Morgan fingerprint density at radius 2 is 0.758 bits per heavy atom. The maximum Gasteiger partial charge on any atom is 0.252 e. The van der Waals surface area contributed by atoms with Crippen molar-refractivity contribution in [3.05, 3.63) is 301 Å². The molecule has 2 aliphatic heterocycles. The highest BCUT2D eigenvalue weighted by atomic mass is 16.3. The SMILES string of the molecule is [2H]c1c([2H])c([2H])c(-c2ccc3c(c2)N(c2c(-c4ccccc4)ccc4c2c2ccccc2n4-c2ccccc2)c2cc(-c4cc(C(C)(C)C)cc(C(C)(C)C)c4)cc4c2B3c2ccc(-c3cc(C(C)(C)C)cc(C(C)(C)C)c3)cc2N4c2c(-c3ccccc3)ccc3oc4ccccc4c23)c([2H])c1[2H]. The van der Waals surface area contributed by atoms with Crippen LogP contribution in [0.3, 0.4) is 0 Å². The van der Waals surface area contributed by atoms with E-state index < -0.39 is 12.8 Å². The lowest BCUT2D eigenvalue weighted by atomic mass is 9.33. The number of para-hydroxylation sites is 3. The fraction of sp³-hybridized carbons (Fsp3) is 0.170. The Balaban J connectivity index is 1.11. The summed E-state index contributed by atoms with van der Waals surface area (Å²) in [6.07, 6.45) is 0. The second-order valence-corrected chi connectivity index (χ2v) is 31.4. The number of benzene rings is 13. The number of nitrogens with zero attached hydrogens (tertiary/aromatic N) is 3. The van der Waals surface area contributed by atoms with Gasteiger partial charge in [0.05, 0.1) is 34.6 Å². The Hall–Kier alpha value is -10.9. The van der Waals surface area contributed by atoms with Gasteiger partial charge in [-0.15, -0.1) is 0 Å². The molecule has 0 spiro atoms. The van der Waals surface area contributed by atoms with Crippen LogP contribution in [0, 0.1) is 0 Å². The summed E-state index contributed by atoms with van der Waals surface area (Å²) in [5.74, 6) is 0. The van der Waals surface area contributed by atoms with Crippen LogP contribution in [0.4, 0.5) is 34.1 Å². The third-order valence-electron chi connectivity index (χ3n) is 20.8. The summed E-state index contributed by atoms with van der Waals surface area (Å²) in [5, 5.41) is 4.07. The molecule has 15 aromatic rings. The van der Waals surface area contributed by atoms with Crippen molar-refractivity contribution in [2.24, 2.45) is 0 Å². The maximum atomic E-state index is 9.69. The lowest BCUT2D eigenvalue weighted by molar-refractivity contribution is 0.568. The predicted molar refractivity (Wildman–Crippen MR) is 424 cm³/mol. The first kappa shape index (κ1) is 56.2. The minimum atomic E-state index is -0.447. The third-order valence-corrected chi connectivity index (χ3v) is 20.8. The van der Waals surface area contributed by atoms with Gasteiger partial charge in [-0.1, -0.05) is 295 Å². The number of anilines is 6. The van der Waals surface area contributed by atoms with E-state index in [0.717, 1.165) is 144 Å². The van der Waals surface area contributed by atoms with E-state index >= 15 is 0 Å². The van der Waals surface area contributed by atoms with Gasteiger partial charge in [0.1, 0.15) is 11.2 Å². The van der Waals surface area contributed by atoms with E-state index in [2.05, 4.69) is 340 Å². The smallest absolute Gasteiger partial charge is 0.252 e. The van der Waals surface area contributed by atoms with Gasteiger partial charge < -0.3 is 18.8 Å². The summed E-state index contributed by atoms with van der Waals surface area (Å²) in [4.78, 5) is 5.11. The van der Waals surface area contributed by atoms with E-state index in [1.54, 1.807) is 0 Å². The van der Waals surface area contributed by atoms with Gasteiger partial charge in [-0.05, 0) is 172 Å². The second-order valence-electron chi connectivity index (χ2n) is 31.4. The average molecular weight is 1290 g/mol. The summed E-state index contributed by atoms with van der Waals surface area (Å²) >= 11 is 0. The van der Waals surface area contributed by atoms with Crippen LogP contribution in [0.2, 0.25) is 0 Å². The molecule has 0 unspecified atom stereocenters. The maximum absolute atomic E-state index is 9.69. The van der Waals surface area contributed by atoms with E-state index in [-0.39, 0.29) is 51.4 Å². The highest BCUT2D eigenvalue weighted by molar-refractivity contribution is 7.00. The van der Waals surface area contributed by atoms with Crippen LogP contribution in [0.15, 0.2) is 283 Å². The zero-order chi connectivity index (χ0) is 72.4. The summed E-state index contributed by atoms with van der Waals surface area (Å²) in [6, 6.07) is 89.4. The summed E-state index contributed by atoms with van der Waals surface area (Å²) in [5.41, 5.74) is 26.6. The average Bonchev–Trinajstić information content (AvgIpc) is 1.16. The molecule has 4 nitrogen and oxygen atoms in total. The summed E-state index contributed by atoms with van der Waals surface area (Å²) in [6.45, 7) is 27.2. The molecular formula is C94H82BN3O. The van der Waals surface area contributed by atoms with E-state index in [4.69, 9.17) is 5.79 Å². The number of aromatic nitrogens is 1. The lowest BCUT2D eigenvalue weighted by Gasteiger charge is -2.45. The van der Waals surface area contributed by atoms with Crippen molar-refractivity contribution in [1.29, 1.82) is 0 Å². The number of hydrogen-bond acceptors (Lipinski definition) is 3. The molecule has 0 atom stereocenters. The minimum Gasteiger partial charge on any atom is -0.456 e. The van der Waals surface area contributed by atoms with Crippen LogP contribution >= 0.6 is 0 Å². The van der Waals surface area contributed by atoms with Crippen molar-refractivity contribution < 1.29 is 11.3 Å². The van der Waals surface area contributed by atoms with Gasteiger partial charge in [-0.3, -0.25) is 0 Å². The molecule has 5 heteroatoms. The van der Waals surface area contributed by atoms with E-state index in [1.807, 2.05) is 6.07 Å². The number of rotatable bonds is 8. The van der Waals surface area contributed by atoms with E-state index in [1.165, 1.54) is 22.3 Å². The standard InChI is InChI=1S/C94H82BN3O/c1-91(2,3)67-49-64(50-68(57-67)92(4,5)6)63-42-46-77-81(54-63)98(90-73(61-33-21-15-22-34-61)44-48-85-87(90)75-38-26-28-40-84(75)99-85)83-56-66(65-51-69(93(7,8)9)58-70(52-65)94(10,11)12)55-82-88(83)95(77)76-45-41-62(59-29-17-13-18-30-59)53-80(76)97(82)89-72(60-31-19-14-20-32-60)43-47-79-86(89)74-37-25-27-39-78(74)96(79)71-35-23-16-24-36-71/h13-58H,1-12H3/i13D,17D,18D,29D,30D. The molecule has 2 aromatic heterocycles. The zero-order valence-corrected chi connectivity index (χ0v) is 58.5. The molecule has 0 saturated carbocycles. The van der Waals surface area contributed by atoms with Crippen molar-refractivity contribution in [2.75, 3.05) is 9.80 Å². The van der Waals surface area contributed by atoms with Gasteiger partial charge in [-0.2, -0.15) is 0 Å².